The molecule has 0 spiro atoms. The Bertz CT molecular complexity index is 577. The van der Waals surface area contributed by atoms with E-state index in [-0.39, 0.29) is 12.8 Å². The van der Waals surface area contributed by atoms with Crippen LogP contribution < -0.4 is 0 Å². The molecule has 6 heteroatoms. The van der Waals surface area contributed by atoms with Crippen molar-refractivity contribution in [1.29, 1.82) is 0 Å². The highest BCUT2D eigenvalue weighted by Gasteiger charge is 2.34. The number of carbonyl (C=O) groups is 1. The third kappa shape index (κ3) is 6.49. The predicted octanol–water partition coefficient (Wildman–Crippen LogP) is 2.09. The molecule has 0 radical (unpaired) electrons. The van der Waals surface area contributed by atoms with Crippen LogP contribution >= 0.6 is 0 Å². The molecule has 4 atom stereocenters. The van der Waals surface area contributed by atoms with Gasteiger partial charge in [0.15, 0.2) is 0 Å². The molecule has 25 heavy (non-hydrogen) atoms. The van der Waals surface area contributed by atoms with Crippen LogP contribution in [0, 0.1) is 11.8 Å². The highest BCUT2D eigenvalue weighted by Crippen LogP contribution is 2.35. The van der Waals surface area contributed by atoms with Crippen molar-refractivity contribution in [1.82, 2.24) is 0 Å². The molecule has 1 aliphatic rings. The van der Waals surface area contributed by atoms with Gasteiger partial charge in [0.25, 0.3) is 0 Å². The van der Waals surface area contributed by atoms with Crippen molar-refractivity contribution in [2.45, 2.75) is 50.9 Å². The molecule has 140 valence electrons. The van der Waals surface area contributed by atoms with Crippen molar-refractivity contribution in [3.05, 3.63) is 48.0 Å². The lowest BCUT2D eigenvalue weighted by molar-refractivity contribution is -0.114. The maximum atomic E-state index is 11.5. The highest BCUT2D eigenvalue weighted by atomic mass is 16.3. The smallest absolute Gasteiger partial charge is 0.126 e. The maximum Gasteiger partial charge on any atom is 0.126 e. The Hall–Kier alpha value is -1.89. The van der Waals surface area contributed by atoms with E-state index in [2.05, 4.69) is 0 Å². The third-order valence-corrected chi connectivity index (χ3v) is 4.09. The van der Waals surface area contributed by atoms with Gasteiger partial charge in [-0.2, -0.15) is 0 Å². The molecule has 1 rings (SSSR count). The minimum absolute atomic E-state index is 0.159. The molecule has 0 fully saturated rings. The summed E-state index contributed by atoms with van der Waals surface area (Å²) in [5.41, 5.74) is -1.29. The lowest BCUT2D eigenvalue weighted by Gasteiger charge is -2.33. The Morgan fingerprint density at radius 3 is 2.56 bits per heavy atom. The van der Waals surface area contributed by atoms with Gasteiger partial charge in [-0.15, -0.1) is 0 Å². The summed E-state index contributed by atoms with van der Waals surface area (Å²) in [5, 5.41) is 48.8. The van der Waals surface area contributed by atoms with Gasteiger partial charge in [0.2, 0.25) is 0 Å². The molecular weight excluding hydrogens is 324 g/mol. The zero-order valence-electron chi connectivity index (χ0n) is 14.8. The van der Waals surface area contributed by atoms with Crippen LogP contribution in [0.25, 0.3) is 0 Å². The first-order valence-corrected chi connectivity index (χ1v) is 8.15. The van der Waals surface area contributed by atoms with E-state index in [9.17, 15) is 30.3 Å². The van der Waals surface area contributed by atoms with Crippen molar-refractivity contribution in [3.63, 3.8) is 0 Å². The van der Waals surface area contributed by atoms with E-state index in [1.54, 1.807) is 32.9 Å². The Labute approximate surface area is 148 Å². The third-order valence-electron chi connectivity index (χ3n) is 4.09. The molecule has 0 aromatic heterocycles. The predicted molar refractivity (Wildman–Crippen MR) is 94.9 cm³/mol. The van der Waals surface area contributed by atoms with E-state index < -0.39 is 29.1 Å². The lowest BCUT2D eigenvalue weighted by Crippen LogP contribution is -2.35. The Kier molecular flexibility index (Phi) is 7.17. The van der Waals surface area contributed by atoms with Crippen molar-refractivity contribution in [2.24, 2.45) is 11.8 Å². The molecular formula is C19H28O6. The zero-order chi connectivity index (χ0) is 19.3. The molecule has 5 N–H and O–H groups in total. The molecule has 0 aromatic rings. The summed E-state index contributed by atoms with van der Waals surface area (Å²) in [4.78, 5) is 11.5. The number of aliphatic hydroxyl groups excluding tert-OH is 3. The normalized spacial score (nSPS) is 29.1. The maximum absolute atomic E-state index is 11.5. The summed E-state index contributed by atoms with van der Waals surface area (Å²) in [6, 6.07) is 0. The fraction of sp³-hybridized carbons (Fsp3) is 0.526. The molecule has 0 aliphatic heterocycles. The van der Waals surface area contributed by atoms with Gasteiger partial charge in [-0.25, -0.2) is 0 Å². The Morgan fingerprint density at radius 1 is 1.44 bits per heavy atom. The first kappa shape index (κ1) is 21.2. The summed E-state index contributed by atoms with van der Waals surface area (Å²) in [6.07, 6.45) is 7.43. The second-order valence-corrected chi connectivity index (χ2v) is 7.38. The first-order valence-electron chi connectivity index (χ1n) is 8.15. The molecule has 0 saturated heterocycles. The molecule has 0 heterocycles. The first-order chi connectivity index (χ1) is 11.5. The van der Waals surface area contributed by atoms with Crippen LogP contribution in [0.4, 0.5) is 0 Å². The van der Waals surface area contributed by atoms with Crippen LogP contribution in [-0.4, -0.2) is 49.1 Å². The van der Waals surface area contributed by atoms with Crippen LogP contribution in [0.2, 0.25) is 0 Å². The lowest BCUT2D eigenvalue weighted by atomic mass is 9.75. The number of hydrogen-bond donors (Lipinski definition) is 5. The van der Waals surface area contributed by atoms with E-state index in [1.807, 2.05) is 0 Å². The average molecular weight is 352 g/mol. The van der Waals surface area contributed by atoms with Gasteiger partial charge in [0, 0.05) is 18.8 Å². The number of rotatable bonds is 7. The zero-order valence-corrected chi connectivity index (χ0v) is 14.8. The molecule has 0 amide bonds. The van der Waals surface area contributed by atoms with Crippen molar-refractivity contribution < 1.29 is 30.3 Å². The molecule has 1 aliphatic carbocycles. The molecule has 6 nitrogen and oxygen atoms in total. The fourth-order valence-corrected chi connectivity index (χ4v) is 2.91. The number of hydrogen-bond acceptors (Lipinski definition) is 6. The van der Waals surface area contributed by atoms with Gasteiger partial charge >= 0.3 is 0 Å². The summed E-state index contributed by atoms with van der Waals surface area (Å²) in [6.45, 7) is 4.77. The van der Waals surface area contributed by atoms with E-state index in [0.717, 1.165) is 12.5 Å². The Morgan fingerprint density at radius 2 is 2.08 bits per heavy atom. The summed E-state index contributed by atoms with van der Waals surface area (Å²) < 4.78 is 0. The van der Waals surface area contributed by atoms with Crippen molar-refractivity contribution in [2.75, 3.05) is 0 Å². The number of carbonyl (C=O) groups excluding carboxylic acids is 1. The topological polar surface area (TPSA) is 118 Å². The van der Waals surface area contributed by atoms with Crippen LogP contribution in [0.1, 0.15) is 33.6 Å². The van der Waals surface area contributed by atoms with Gasteiger partial charge < -0.3 is 30.3 Å². The van der Waals surface area contributed by atoms with Gasteiger partial charge in [-0.1, -0.05) is 24.3 Å². The Balaban J connectivity index is 2.96. The summed E-state index contributed by atoms with van der Waals surface area (Å²) in [7, 11) is 0. The van der Waals surface area contributed by atoms with Crippen LogP contribution in [0.3, 0.4) is 0 Å². The monoisotopic (exact) mass is 352 g/mol. The number of aliphatic hydroxyl groups is 5. The van der Waals surface area contributed by atoms with Crippen molar-refractivity contribution >= 4 is 6.29 Å². The van der Waals surface area contributed by atoms with E-state index in [4.69, 9.17) is 0 Å². The van der Waals surface area contributed by atoms with Crippen LogP contribution in [-0.2, 0) is 4.79 Å². The van der Waals surface area contributed by atoms with Gasteiger partial charge in [-0.05, 0) is 31.9 Å². The largest absolute Gasteiger partial charge is 0.516 e. The van der Waals surface area contributed by atoms with E-state index in [0.29, 0.717) is 17.4 Å². The van der Waals surface area contributed by atoms with Gasteiger partial charge in [0.1, 0.15) is 6.29 Å². The van der Waals surface area contributed by atoms with Crippen LogP contribution in [0.5, 0.6) is 0 Å². The summed E-state index contributed by atoms with van der Waals surface area (Å²) >= 11 is 0. The highest BCUT2D eigenvalue weighted by molar-refractivity contribution is 5.58. The standard InChI is InChI=1S/C19H28O6/c1-18(2,24)8-13(10-20)4-5-17(23)16(12-22)15-6-7-19(3,25)9-14(15)11-21/h4-7,10-12,15-17,20-21,23-25H,8-9H2,1-3H3. The van der Waals surface area contributed by atoms with E-state index in [1.165, 1.54) is 12.2 Å². The van der Waals surface area contributed by atoms with Crippen molar-refractivity contribution in [3.8, 4) is 0 Å². The molecule has 0 bridgehead atoms. The van der Waals surface area contributed by atoms with Gasteiger partial charge in [-0.3, -0.25) is 0 Å². The minimum atomic E-state index is -1.16. The fourth-order valence-electron chi connectivity index (χ4n) is 2.91. The summed E-state index contributed by atoms with van der Waals surface area (Å²) in [5.74, 6) is -1.40. The number of allylic oxidation sites excluding steroid dienone is 2. The van der Waals surface area contributed by atoms with E-state index >= 15 is 0 Å². The second kappa shape index (κ2) is 8.47. The SMILES string of the molecule is CC(C)(O)CC(C=CC(O)C(C=O)C1C=CC(C)(O)CC1=CO)=CO. The molecule has 4 unspecified atom stereocenters. The van der Waals surface area contributed by atoms with Gasteiger partial charge in [0.05, 0.1) is 35.7 Å². The second-order valence-electron chi connectivity index (χ2n) is 7.38. The quantitative estimate of drug-likeness (QED) is 0.207. The van der Waals surface area contributed by atoms with Crippen LogP contribution in [0.15, 0.2) is 48.0 Å². The minimum Gasteiger partial charge on any atom is -0.516 e. The average Bonchev–Trinajstić information content (AvgIpc) is 2.51. The molecule has 0 aromatic carbocycles. The molecule has 0 saturated carbocycles. The number of aldehydes is 1.